The lowest BCUT2D eigenvalue weighted by atomic mass is 9.90. The molecule has 1 aromatic heterocycles. The highest BCUT2D eigenvalue weighted by Crippen LogP contribution is 2.21. The average molecular weight is 279 g/mol. The summed E-state index contributed by atoms with van der Waals surface area (Å²) in [6, 6.07) is -0.0515. The third-order valence-corrected chi connectivity index (χ3v) is 4.01. The number of H-pyrrole nitrogens is 1. The fourth-order valence-electron chi connectivity index (χ4n) is 2.88. The summed E-state index contributed by atoms with van der Waals surface area (Å²) in [5.74, 6) is -1.30. The van der Waals surface area contributed by atoms with Gasteiger partial charge >= 0.3 is 5.97 Å². The van der Waals surface area contributed by atoms with Crippen molar-refractivity contribution in [1.29, 1.82) is 0 Å². The molecule has 0 saturated heterocycles. The van der Waals surface area contributed by atoms with Crippen LogP contribution >= 0.6 is 0 Å². The minimum Gasteiger partial charge on any atom is -0.477 e. The van der Waals surface area contributed by atoms with Crippen LogP contribution in [0.15, 0.2) is 0 Å². The second-order valence-corrected chi connectivity index (χ2v) is 5.46. The van der Waals surface area contributed by atoms with Gasteiger partial charge in [0.05, 0.1) is 5.56 Å². The lowest BCUT2D eigenvalue weighted by Gasteiger charge is -2.29. The highest BCUT2D eigenvalue weighted by molar-refractivity contribution is 6.00. The van der Waals surface area contributed by atoms with E-state index in [1.54, 1.807) is 13.8 Å². The van der Waals surface area contributed by atoms with Crippen molar-refractivity contribution < 1.29 is 14.7 Å². The minimum atomic E-state index is -1.06. The van der Waals surface area contributed by atoms with E-state index in [0.29, 0.717) is 16.8 Å². The number of nitrogens with two attached hydrogens (primary N) is 1. The molecule has 1 heterocycles. The lowest BCUT2D eigenvalue weighted by molar-refractivity contribution is 0.0690. The zero-order valence-corrected chi connectivity index (χ0v) is 11.8. The SMILES string of the molecule is Cc1[nH]c(C(=O)O)c(C)c1C(=O)NC1CCCCC1N. The van der Waals surface area contributed by atoms with Crippen molar-refractivity contribution in [3.05, 3.63) is 22.5 Å². The molecule has 1 saturated carbocycles. The Bertz CT molecular complexity index is 536. The van der Waals surface area contributed by atoms with Crippen LogP contribution in [-0.2, 0) is 0 Å². The maximum atomic E-state index is 12.4. The van der Waals surface area contributed by atoms with Crippen LogP contribution in [0.1, 0.15) is 57.8 Å². The maximum Gasteiger partial charge on any atom is 0.352 e. The van der Waals surface area contributed by atoms with E-state index in [1.807, 2.05) is 0 Å². The number of aromatic amines is 1. The van der Waals surface area contributed by atoms with Gasteiger partial charge in [0.2, 0.25) is 0 Å². The van der Waals surface area contributed by atoms with Crippen molar-refractivity contribution in [2.45, 2.75) is 51.6 Å². The summed E-state index contributed by atoms with van der Waals surface area (Å²) in [7, 11) is 0. The van der Waals surface area contributed by atoms with Crippen LogP contribution in [0.2, 0.25) is 0 Å². The van der Waals surface area contributed by atoms with Crippen LogP contribution in [0, 0.1) is 13.8 Å². The number of carbonyl (C=O) groups is 2. The van der Waals surface area contributed by atoms with Crippen molar-refractivity contribution in [3.8, 4) is 0 Å². The van der Waals surface area contributed by atoms with Gasteiger partial charge in [0.25, 0.3) is 5.91 Å². The molecule has 1 amide bonds. The molecule has 0 bridgehead atoms. The fourth-order valence-corrected chi connectivity index (χ4v) is 2.88. The number of nitrogens with one attached hydrogen (secondary N) is 2. The number of aromatic carboxylic acids is 1. The molecule has 1 fully saturated rings. The van der Waals surface area contributed by atoms with Gasteiger partial charge in [-0.25, -0.2) is 4.79 Å². The van der Waals surface area contributed by atoms with Crippen LogP contribution in [-0.4, -0.2) is 34.1 Å². The van der Waals surface area contributed by atoms with E-state index in [2.05, 4.69) is 10.3 Å². The van der Waals surface area contributed by atoms with Crippen LogP contribution in [0.5, 0.6) is 0 Å². The van der Waals surface area contributed by atoms with E-state index in [9.17, 15) is 9.59 Å². The fraction of sp³-hybridized carbons (Fsp3) is 0.571. The van der Waals surface area contributed by atoms with Crippen molar-refractivity contribution in [2.24, 2.45) is 5.73 Å². The molecular weight excluding hydrogens is 258 g/mol. The molecule has 2 atom stereocenters. The monoisotopic (exact) mass is 279 g/mol. The minimum absolute atomic E-state index is 0.0220. The first-order valence-corrected chi connectivity index (χ1v) is 6.90. The van der Waals surface area contributed by atoms with E-state index < -0.39 is 5.97 Å². The highest BCUT2D eigenvalue weighted by Gasteiger charge is 2.27. The number of hydrogen-bond donors (Lipinski definition) is 4. The number of aromatic nitrogens is 1. The third-order valence-electron chi connectivity index (χ3n) is 4.01. The summed E-state index contributed by atoms with van der Waals surface area (Å²) in [4.78, 5) is 26.2. The Morgan fingerprint density at radius 3 is 2.50 bits per heavy atom. The Labute approximate surface area is 117 Å². The van der Waals surface area contributed by atoms with Gasteiger partial charge in [-0.05, 0) is 32.3 Å². The molecule has 0 spiro atoms. The van der Waals surface area contributed by atoms with E-state index in [-0.39, 0.29) is 23.7 Å². The predicted octanol–water partition coefficient (Wildman–Crippen LogP) is 1.33. The molecular formula is C14H21N3O3. The molecule has 110 valence electrons. The molecule has 1 aliphatic carbocycles. The summed E-state index contributed by atoms with van der Waals surface area (Å²) < 4.78 is 0. The molecule has 6 heteroatoms. The smallest absolute Gasteiger partial charge is 0.352 e. The van der Waals surface area contributed by atoms with E-state index in [1.165, 1.54) is 0 Å². The van der Waals surface area contributed by atoms with E-state index >= 15 is 0 Å². The Morgan fingerprint density at radius 2 is 1.95 bits per heavy atom. The Hall–Kier alpha value is -1.82. The van der Waals surface area contributed by atoms with Crippen LogP contribution in [0.3, 0.4) is 0 Å². The van der Waals surface area contributed by atoms with E-state index in [4.69, 9.17) is 10.8 Å². The first-order valence-electron chi connectivity index (χ1n) is 6.90. The quantitative estimate of drug-likeness (QED) is 0.669. The Balaban J connectivity index is 2.19. The van der Waals surface area contributed by atoms with Crippen molar-refractivity contribution in [1.82, 2.24) is 10.3 Å². The first kappa shape index (κ1) is 14.6. The molecule has 1 aromatic rings. The summed E-state index contributed by atoms with van der Waals surface area (Å²) in [5.41, 5.74) is 7.55. The lowest BCUT2D eigenvalue weighted by Crippen LogP contribution is -2.49. The van der Waals surface area contributed by atoms with Gasteiger partial charge < -0.3 is 21.1 Å². The number of carboxylic acids is 1. The Kier molecular flexibility index (Phi) is 4.13. The van der Waals surface area contributed by atoms with Crippen molar-refractivity contribution in [3.63, 3.8) is 0 Å². The molecule has 5 N–H and O–H groups in total. The zero-order valence-electron chi connectivity index (χ0n) is 11.8. The molecule has 20 heavy (non-hydrogen) atoms. The molecule has 0 aromatic carbocycles. The van der Waals surface area contributed by atoms with Gasteiger partial charge in [-0.15, -0.1) is 0 Å². The van der Waals surface area contributed by atoms with Crippen molar-refractivity contribution in [2.75, 3.05) is 0 Å². The normalized spacial score (nSPS) is 22.6. The maximum absolute atomic E-state index is 12.4. The molecule has 2 unspecified atom stereocenters. The predicted molar refractivity (Wildman–Crippen MR) is 74.9 cm³/mol. The zero-order chi connectivity index (χ0) is 14.9. The van der Waals surface area contributed by atoms with Crippen LogP contribution in [0.25, 0.3) is 0 Å². The Morgan fingerprint density at radius 1 is 1.30 bits per heavy atom. The van der Waals surface area contributed by atoms with Gasteiger partial charge in [0.1, 0.15) is 5.69 Å². The van der Waals surface area contributed by atoms with Crippen molar-refractivity contribution >= 4 is 11.9 Å². The second kappa shape index (κ2) is 5.66. The number of hydrogen-bond acceptors (Lipinski definition) is 3. The molecule has 2 rings (SSSR count). The second-order valence-electron chi connectivity index (χ2n) is 5.46. The first-order chi connectivity index (χ1) is 9.41. The molecule has 1 aliphatic rings. The van der Waals surface area contributed by atoms with Crippen LogP contribution in [0.4, 0.5) is 0 Å². The van der Waals surface area contributed by atoms with Gasteiger partial charge in [-0.2, -0.15) is 0 Å². The van der Waals surface area contributed by atoms with E-state index in [0.717, 1.165) is 25.7 Å². The number of rotatable bonds is 3. The standard InChI is InChI=1S/C14H21N3O3/c1-7-11(8(2)16-12(7)14(19)20)13(18)17-10-6-4-3-5-9(10)15/h9-10,16H,3-6,15H2,1-2H3,(H,17,18)(H,19,20). The third kappa shape index (κ3) is 2.70. The molecule has 0 radical (unpaired) electrons. The molecule has 0 aliphatic heterocycles. The summed E-state index contributed by atoms with van der Waals surface area (Å²) in [5, 5.41) is 12.0. The summed E-state index contributed by atoms with van der Waals surface area (Å²) in [6.07, 6.45) is 3.95. The average Bonchev–Trinajstić information content (AvgIpc) is 2.68. The number of carboxylic acid groups (broad SMARTS) is 1. The highest BCUT2D eigenvalue weighted by atomic mass is 16.4. The van der Waals surface area contributed by atoms with Gasteiger partial charge in [0, 0.05) is 17.8 Å². The number of amides is 1. The van der Waals surface area contributed by atoms with Gasteiger partial charge in [0.15, 0.2) is 0 Å². The number of aryl methyl sites for hydroxylation is 1. The van der Waals surface area contributed by atoms with Gasteiger partial charge in [-0.1, -0.05) is 12.8 Å². The summed E-state index contributed by atoms with van der Waals surface area (Å²) in [6.45, 7) is 3.35. The van der Waals surface area contributed by atoms with Gasteiger partial charge in [-0.3, -0.25) is 4.79 Å². The summed E-state index contributed by atoms with van der Waals surface area (Å²) >= 11 is 0. The number of carbonyl (C=O) groups excluding carboxylic acids is 1. The van der Waals surface area contributed by atoms with Crippen LogP contribution < -0.4 is 11.1 Å². The molecule has 6 nitrogen and oxygen atoms in total. The largest absolute Gasteiger partial charge is 0.477 e. The topological polar surface area (TPSA) is 108 Å².